The highest BCUT2D eigenvalue weighted by Crippen LogP contribution is 2.49. The van der Waals surface area contributed by atoms with Crippen LogP contribution in [0, 0.1) is 11.3 Å². The Morgan fingerprint density at radius 1 is 0.737 bits per heavy atom. The van der Waals surface area contributed by atoms with Crippen LogP contribution in [-0.2, 0) is 0 Å². The van der Waals surface area contributed by atoms with E-state index in [1.54, 1.807) is 0 Å². The van der Waals surface area contributed by atoms with Gasteiger partial charge in [0, 0.05) is 5.80 Å². The number of nitriles is 1. The third-order valence-corrected chi connectivity index (χ3v) is 8.24. The number of unbranched alkanes of at least 4 members (excludes halogenated alkanes) is 6. The van der Waals surface area contributed by atoms with Crippen molar-refractivity contribution in [2.24, 2.45) is 0 Å². The maximum absolute atomic E-state index is 9.19. The molecule has 0 aliphatic rings. The van der Waals surface area contributed by atoms with Gasteiger partial charge in [0.2, 0.25) is 0 Å². The van der Waals surface area contributed by atoms with Gasteiger partial charge >= 0.3 is 0 Å². The molecule has 112 valence electrons. The molecule has 0 atom stereocenters. The number of nitrogens with zero attached hydrogens (tertiary/aromatic N) is 1. The Morgan fingerprint density at radius 2 is 1.11 bits per heavy atom. The SMILES string of the molecule is CCCCCP(=CC#N)(CCCCC)CCCCC. The van der Waals surface area contributed by atoms with Crippen LogP contribution in [0.1, 0.15) is 78.6 Å². The third-order valence-electron chi connectivity index (χ3n) is 3.95. The van der Waals surface area contributed by atoms with Gasteiger partial charge in [0.05, 0.1) is 6.07 Å². The quantitative estimate of drug-likeness (QED) is 0.323. The van der Waals surface area contributed by atoms with Gasteiger partial charge in [-0.05, 0) is 37.7 Å². The van der Waals surface area contributed by atoms with E-state index in [9.17, 15) is 5.26 Å². The van der Waals surface area contributed by atoms with Crippen LogP contribution in [0.4, 0.5) is 0 Å². The molecule has 0 spiro atoms. The summed E-state index contributed by atoms with van der Waals surface area (Å²) in [5.74, 6) is 2.09. The summed E-state index contributed by atoms with van der Waals surface area (Å²) >= 11 is 0. The summed E-state index contributed by atoms with van der Waals surface area (Å²) in [5, 5.41) is 9.19. The Labute approximate surface area is 121 Å². The highest BCUT2D eigenvalue weighted by molar-refractivity contribution is 7.75. The minimum absolute atomic E-state index is 1.07. The fraction of sp³-hybridized carbons (Fsp3) is 0.882. The van der Waals surface area contributed by atoms with E-state index in [0.717, 1.165) is 0 Å². The van der Waals surface area contributed by atoms with Crippen LogP contribution >= 0.6 is 6.89 Å². The highest BCUT2D eigenvalue weighted by atomic mass is 31.2. The highest BCUT2D eigenvalue weighted by Gasteiger charge is 2.16. The molecule has 0 saturated carbocycles. The predicted octanol–water partition coefficient (Wildman–Crippen LogP) is 5.90. The van der Waals surface area contributed by atoms with Gasteiger partial charge in [0.15, 0.2) is 0 Å². The lowest BCUT2D eigenvalue weighted by molar-refractivity contribution is 0.748. The molecule has 1 nitrogen and oxygen atoms in total. The van der Waals surface area contributed by atoms with Crippen LogP contribution in [0.15, 0.2) is 0 Å². The number of rotatable bonds is 12. The molecule has 0 aromatic carbocycles. The van der Waals surface area contributed by atoms with Crippen molar-refractivity contribution in [2.45, 2.75) is 78.6 Å². The second-order valence-corrected chi connectivity index (χ2v) is 9.81. The van der Waals surface area contributed by atoms with E-state index in [4.69, 9.17) is 0 Å². The number of hydrogen-bond donors (Lipinski definition) is 0. The lowest BCUT2D eigenvalue weighted by Crippen LogP contribution is -2.04. The van der Waals surface area contributed by atoms with E-state index in [0.29, 0.717) is 0 Å². The molecule has 0 aliphatic carbocycles. The largest absolute Gasteiger partial charge is 0.193 e. The van der Waals surface area contributed by atoms with Crippen molar-refractivity contribution in [1.82, 2.24) is 0 Å². The van der Waals surface area contributed by atoms with Crippen LogP contribution in [-0.4, -0.2) is 24.3 Å². The normalized spacial score (nSPS) is 11.3. The van der Waals surface area contributed by atoms with Crippen LogP contribution < -0.4 is 0 Å². The van der Waals surface area contributed by atoms with Crippen LogP contribution in [0.25, 0.3) is 0 Å². The molecular weight excluding hydrogens is 249 g/mol. The van der Waals surface area contributed by atoms with Crippen molar-refractivity contribution < 1.29 is 0 Å². The van der Waals surface area contributed by atoms with Crippen molar-refractivity contribution in [3.05, 3.63) is 0 Å². The van der Waals surface area contributed by atoms with E-state index in [-0.39, 0.29) is 0 Å². The average Bonchev–Trinajstić information content (AvgIpc) is 2.40. The van der Waals surface area contributed by atoms with Crippen molar-refractivity contribution in [2.75, 3.05) is 18.5 Å². The zero-order valence-electron chi connectivity index (χ0n) is 13.5. The molecule has 19 heavy (non-hydrogen) atoms. The van der Waals surface area contributed by atoms with Crippen LogP contribution in [0.3, 0.4) is 0 Å². The first-order valence-electron chi connectivity index (χ1n) is 8.34. The van der Waals surface area contributed by atoms with E-state index >= 15 is 0 Å². The standard InChI is InChI=1S/C17H34NP/c1-4-7-10-14-19(17-13-18,15-11-8-5-2)16-12-9-6-3/h17H,4-12,14-16H2,1-3H3. The molecule has 0 bridgehead atoms. The first-order chi connectivity index (χ1) is 9.24. The lowest BCUT2D eigenvalue weighted by atomic mass is 10.3. The molecule has 0 aromatic rings. The van der Waals surface area contributed by atoms with Gasteiger partial charge in [0.1, 0.15) is 0 Å². The second-order valence-electron chi connectivity index (χ2n) is 5.77. The van der Waals surface area contributed by atoms with Crippen molar-refractivity contribution in [1.29, 1.82) is 5.26 Å². The van der Waals surface area contributed by atoms with Crippen molar-refractivity contribution in [3.8, 4) is 6.07 Å². The molecule has 0 aromatic heterocycles. The van der Waals surface area contributed by atoms with Crippen molar-refractivity contribution >= 4 is 12.7 Å². The average molecular weight is 283 g/mol. The molecular formula is C17H34NP. The first-order valence-corrected chi connectivity index (χ1v) is 10.8. The summed E-state index contributed by atoms with van der Waals surface area (Å²) < 4.78 is 0. The summed E-state index contributed by atoms with van der Waals surface area (Å²) in [6, 6.07) is 2.41. The van der Waals surface area contributed by atoms with Gasteiger partial charge in [-0.3, -0.25) is 0 Å². The Hall–Kier alpha value is -0.210. The Kier molecular flexibility index (Phi) is 12.7. The van der Waals surface area contributed by atoms with Gasteiger partial charge < -0.3 is 0 Å². The van der Waals surface area contributed by atoms with Crippen LogP contribution in [0.5, 0.6) is 0 Å². The molecule has 0 unspecified atom stereocenters. The zero-order valence-corrected chi connectivity index (χ0v) is 14.4. The first kappa shape index (κ1) is 18.8. The fourth-order valence-corrected chi connectivity index (χ4v) is 6.54. The molecule has 0 aliphatic heterocycles. The number of hydrogen-bond acceptors (Lipinski definition) is 1. The molecule has 0 rings (SSSR count). The second kappa shape index (κ2) is 12.8. The maximum atomic E-state index is 9.19. The molecule has 0 N–H and O–H groups in total. The molecule has 0 heterocycles. The smallest absolute Gasteiger partial charge is 0.0913 e. The van der Waals surface area contributed by atoms with E-state index in [2.05, 4.69) is 32.6 Å². The Balaban J connectivity index is 4.59. The minimum atomic E-state index is -1.07. The topological polar surface area (TPSA) is 23.8 Å². The Bertz CT molecular complexity index is 255. The van der Waals surface area contributed by atoms with Gasteiger partial charge in [0.25, 0.3) is 0 Å². The molecule has 0 amide bonds. The van der Waals surface area contributed by atoms with E-state index < -0.39 is 6.89 Å². The lowest BCUT2D eigenvalue weighted by Gasteiger charge is -2.25. The van der Waals surface area contributed by atoms with Gasteiger partial charge in [-0.2, -0.15) is 5.26 Å². The molecule has 0 saturated heterocycles. The minimum Gasteiger partial charge on any atom is -0.193 e. The Morgan fingerprint density at radius 3 is 1.37 bits per heavy atom. The summed E-state index contributed by atoms with van der Waals surface area (Å²) in [5.41, 5.74) is 0. The van der Waals surface area contributed by atoms with Crippen molar-refractivity contribution in [3.63, 3.8) is 0 Å². The summed E-state index contributed by atoms with van der Waals surface area (Å²) in [4.78, 5) is 0. The van der Waals surface area contributed by atoms with Gasteiger partial charge in [-0.25, -0.2) is 0 Å². The maximum Gasteiger partial charge on any atom is 0.0913 e. The van der Waals surface area contributed by atoms with Gasteiger partial charge in [-0.15, -0.1) is 0 Å². The molecule has 0 fully saturated rings. The predicted molar refractivity (Wildman–Crippen MR) is 91.8 cm³/mol. The van der Waals surface area contributed by atoms with E-state index in [1.807, 2.05) is 0 Å². The fourth-order valence-electron chi connectivity index (χ4n) is 2.68. The molecule has 0 radical (unpaired) electrons. The molecule has 2 heteroatoms. The zero-order chi connectivity index (χ0) is 14.4. The van der Waals surface area contributed by atoms with Crippen LogP contribution in [0.2, 0.25) is 0 Å². The monoisotopic (exact) mass is 283 g/mol. The summed E-state index contributed by atoms with van der Waals surface area (Å²) in [6.07, 6.45) is 15.9. The third kappa shape index (κ3) is 9.34. The van der Waals surface area contributed by atoms with E-state index in [1.165, 1.54) is 76.3 Å². The summed E-state index contributed by atoms with van der Waals surface area (Å²) in [6.45, 7) is 5.73. The summed E-state index contributed by atoms with van der Waals surface area (Å²) in [7, 11) is 0. The van der Waals surface area contributed by atoms with Gasteiger partial charge in [-0.1, -0.05) is 66.2 Å².